The summed E-state index contributed by atoms with van der Waals surface area (Å²) in [5.41, 5.74) is 0. The Balaban J connectivity index is 2.89. The molecule has 2 atom stereocenters. The lowest BCUT2D eigenvalue weighted by Gasteiger charge is -2.41. The molecule has 0 aromatic rings. The third-order valence-corrected chi connectivity index (χ3v) is 2.92. The SMILES string of the molecule is CCOC(=O)C1(OCC)COC(OCC)(C(=O)OCC)CO1. The fourth-order valence-corrected chi connectivity index (χ4v) is 1.98. The van der Waals surface area contributed by atoms with Gasteiger partial charge in [0.2, 0.25) is 0 Å². The topological polar surface area (TPSA) is 89.5 Å². The Labute approximate surface area is 129 Å². The van der Waals surface area contributed by atoms with Crippen LogP contribution in [-0.2, 0) is 38.0 Å². The van der Waals surface area contributed by atoms with E-state index in [0.29, 0.717) is 0 Å². The highest BCUT2D eigenvalue weighted by atomic mass is 16.8. The molecule has 0 amide bonds. The zero-order chi connectivity index (χ0) is 16.6. The van der Waals surface area contributed by atoms with Crippen LogP contribution in [0.5, 0.6) is 0 Å². The quantitative estimate of drug-likeness (QED) is 0.601. The molecule has 1 heterocycles. The molecule has 128 valence electrons. The van der Waals surface area contributed by atoms with Gasteiger partial charge in [-0.25, -0.2) is 9.59 Å². The number of hydrogen-bond acceptors (Lipinski definition) is 8. The molecule has 1 fully saturated rings. The van der Waals surface area contributed by atoms with E-state index in [4.69, 9.17) is 28.4 Å². The molecule has 0 spiro atoms. The summed E-state index contributed by atoms with van der Waals surface area (Å²) in [5.74, 6) is -4.80. The van der Waals surface area contributed by atoms with Crippen LogP contribution in [-0.4, -0.2) is 63.2 Å². The Morgan fingerprint density at radius 3 is 1.36 bits per heavy atom. The summed E-state index contributed by atoms with van der Waals surface area (Å²) in [6.07, 6.45) is 0. The minimum absolute atomic E-state index is 0.172. The number of hydrogen-bond donors (Lipinski definition) is 0. The van der Waals surface area contributed by atoms with Gasteiger partial charge in [-0.3, -0.25) is 0 Å². The van der Waals surface area contributed by atoms with Crippen LogP contribution in [0.3, 0.4) is 0 Å². The Morgan fingerprint density at radius 1 is 0.773 bits per heavy atom. The van der Waals surface area contributed by atoms with Crippen LogP contribution in [0.4, 0.5) is 0 Å². The Hall–Kier alpha value is -1.22. The smallest absolute Gasteiger partial charge is 0.369 e. The number of carbonyl (C=O) groups is 2. The molecule has 0 bridgehead atoms. The summed E-state index contributed by atoms with van der Waals surface area (Å²) in [6.45, 7) is 6.86. The van der Waals surface area contributed by atoms with Crippen molar-refractivity contribution in [1.29, 1.82) is 0 Å². The Morgan fingerprint density at radius 2 is 1.14 bits per heavy atom. The fraction of sp³-hybridized carbons (Fsp3) is 0.857. The molecule has 1 aliphatic rings. The normalized spacial score (nSPS) is 28.2. The first kappa shape index (κ1) is 18.8. The van der Waals surface area contributed by atoms with E-state index in [2.05, 4.69) is 0 Å². The number of ether oxygens (including phenoxy) is 6. The predicted molar refractivity (Wildman–Crippen MR) is 73.9 cm³/mol. The van der Waals surface area contributed by atoms with E-state index < -0.39 is 23.5 Å². The summed E-state index contributed by atoms with van der Waals surface area (Å²) in [5, 5.41) is 0. The lowest BCUT2D eigenvalue weighted by Crippen LogP contribution is -2.63. The maximum atomic E-state index is 12.1. The van der Waals surface area contributed by atoms with Gasteiger partial charge in [-0.05, 0) is 27.7 Å². The van der Waals surface area contributed by atoms with E-state index in [9.17, 15) is 9.59 Å². The van der Waals surface area contributed by atoms with Gasteiger partial charge in [0.05, 0.1) is 13.2 Å². The Bertz CT molecular complexity index is 337. The second kappa shape index (κ2) is 8.42. The summed E-state index contributed by atoms with van der Waals surface area (Å²) in [7, 11) is 0. The molecular weight excluding hydrogens is 296 g/mol. The molecule has 1 rings (SSSR count). The summed E-state index contributed by atoms with van der Waals surface area (Å²) >= 11 is 0. The fourth-order valence-electron chi connectivity index (χ4n) is 1.98. The minimum atomic E-state index is -1.70. The first-order valence-corrected chi connectivity index (χ1v) is 7.40. The van der Waals surface area contributed by atoms with Gasteiger partial charge in [-0.1, -0.05) is 0 Å². The summed E-state index contributed by atoms with van der Waals surface area (Å²) in [4.78, 5) is 24.1. The molecular formula is C14H24O8. The molecule has 0 aliphatic carbocycles. The van der Waals surface area contributed by atoms with Crippen LogP contribution < -0.4 is 0 Å². The van der Waals surface area contributed by atoms with Crippen molar-refractivity contribution in [1.82, 2.24) is 0 Å². The summed E-state index contributed by atoms with van der Waals surface area (Å²) < 4.78 is 31.6. The van der Waals surface area contributed by atoms with Crippen LogP contribution in [0.25, 0.3) is 0 Å². The molecule has 0 N–H and O–H groups in total. The monoisotopic (exact) mass is 320 g/mol. The van der Waals surface area contributed by atoms with E-state index in [-0.39, 0.29) is 39.6 Å². The second-order valence-corrected chi connectivity index (χ2v) is 4.39. The van der Waals surface area contributed by atoms with Crippen molar-refractivity contribution in [3.8, 4) is 0 Å². The van der Waals surface area contributed by atoms with E-state index >= 15 is 0 Å². The molecule has 1 aliphatic heterocycles. The molecule has 8 heteroatoms. The first-order valence-electron chi connectivity index (χ1n) is 7.40. The van der Waals surface area contributed by atoms with Crippen LogP contribution in [0.1, 0.15) is 27.7 Å². The Kier molecular flexibility index (Phi) is 7.21. The first-order chi connectivity index (χ1) is 10.5. The van der Waals surface area contributed by atoms with Crippen molar-refractivity contribution < 1.29 is 38.0 Å². The largest absolute Gasteiger partial charge is 0.462 e. The standard InChI is InChI=1S/C14H24O8/c1-5-17-11(15)13(19-7-3)9-22-14(10-21-13,20-8-4)12(16)18-6-2/h5-10H2,1-4H3. The zero-order valence-corrected chi connectivity index (χ0v) is 13.5. The van der Waals surface area contributed by atoms with Crippen molar-refractivity contribution in [3.05, 3.63) is 0 Å². The average Bonchev–Trinajstić information content (AvgIpc) is 2.50. The van der Waals surface area contributed by atoms with Crippen molar-refractivity contribution in [2.45, 2.75) is 39.3 Å². The number of carbonyl (C=O) groups excluding carboxylic acids is 2. The van der Waals surface area contributed by atoms with Crippen molar-refractivity contribution in [2.75, 3.05) is 39.6 Å². The van der Waals surface area contributed by atoms with Crippen LogP contribution in [0.15, 0.2) is 0 Å². The van der Waals surface area contributed by atoms with Gasteiger partial charge in [0.25, 0.3) is 11.6 Å². The highest BCUT2D eigenvalue weighted by molar-refractivity contribution is 5.80. The van der Waals surface area contributed by atoms with Gasteiger partial charge in [-0.2, -0.15) is 0 Å². The van der Waals surface area contributed by atoms with Crippen molar-refractivity contribution in [2.24, 2.45) is 0 Å². The number of rotatable bonds is 8. The van der Waals surface area contributed by atoms with Gasteiger partial charge >= 0.3 is 11.9 Å². The van der Waals surface area contributed by atoms with E-state index in [1.54, 1.807) is 27.7 Å². The van der Waals surface area contributed by atoms with Crippen LogP contribution >= 0.6 is 0 Å². The lowest BCUT2D eigenvalue weighted by atomic mass is 10.2. The third kappa shape index (κ3) is 3.95. The van der Waals surface area contributed by atoms with Gasteiger partial charge in [0, 0.05) is 13.2 Å². The summed E-state index contributed by atoms with van der Waals surface area (Å²) in [6, 6.07) is 0. The van der Waals surface area contributed by atoms with Crippen molar-refractivity contribution >= 4 is 11.9 Å². The molecule has 0 saturated carbocycles. The van der Waals surface area contributed by atoms with E-state index in [0.717, 1.165) is 0 Å². The zero-order valence-electron chi connectivity index (χ0n) is 13.5. The van der Waals surface area contributed by atoms with Crippen LogP contribution in [0, 0.1) is 0 Å². The van der Waals surface area contributed by atoms with Gasteiger partial charge in [-0.15, -0.1) is 0 Å². The van der Waals surface area contributed by atoms with Gasteiger partial charge in [0.1, 0.15) is 13.2 Å². The third-order valence-electron chi connectivity index (χ3n) is 2.92. The molecule has 8 nitrogen and oxygen atoms in total. The molecule has 0 radical (unpaired) electrons. The van der Waals surface area contributed by atoms with Crippen molar-refractivity contribution in [3.63, 3.8) is 0 Å². The highest BCUT2D eigenvalue weighted by Crippen LogP contribution is 2.30. The number of esters is 2. The predicted octanol–water partition coefficient (Wildman–Crippen LogP) is 0.625. The minimum Gasteiger partial charge on any atom is -0.462 e. The highest BCUT2D eigenvalue weighted by Gasteiger charge is 2.56. The maximum Gasteiger partial charge on any atom is 0.369 e. The molecule has 2 unspecified atom stereocenters. The van der Waals surface area contributed by atoms with E-state index in [1.807, 2.05) is 0 Å². The average molecular weight is 320 g/mol. The molecule has 1 saturated heterocycles. The van der Waals surface area contributed by atoms with Gasteiger partial charge in [0.15, 0.2) is 0 Å². The lowest BCUT2D eigenvalue weighted by molar-refractivity contribution is -0.367. The van der Waals surface area contributed by atoms with Gasteiger partial charge < -0.3 is 28.4 Å². The van der Waals surface area contributed by atoms with E-state index in [1.165, 1.54) is 0 Å². The molecule has 22 heavy (non-hydrogen) atoms. The molecule has 0 aromatic carbocycles. The second-order valence-electron chi connectivity index (χ2n) is 4.39. The maximum absolute atomic E-state index is 12.1. The molecule has 0 aromatic heterocycles. The van der Waals surface area contributed by atoms with Crippen LogP contribution in [0.2, 0.25) is 0 Å².